The Kier molecular flexibility index (Phi) is 5.19. The molecule has 8 heteroatoms. The third kappa shape index (κ3) is 3.75. The van der Waals surface area contributed by atoms with Gasteiger partial charge in [0.1, 0.15) is 0 Å². The molecule has 0 aromatic heterocycles. The largest absolute Gasteiger partial charge is 0.479 e. The van der Waals surface area contributed by atoms with Crippen molar-refractivity contribution in [3.8, 4) is 0 Å². The molecule has 1 unspecified atom stereocenters. The Bertz CT molecular complexity index is 741. The van der Waals surface area contributed by atoms with E-state index in [-0.39, 0.29) is 25.1 Å². The molecule has 0 spiro atoms. The van der Waals surface area contributed by atoms with Crippen LogP contribution in [0.1, 0.15) is 32.3 Å². The van der Waals surface area contributed by atoms with E-state index in [1.807, 2.05) is 0 Å². The molecule has 0 saturated heterocycles. The summed E-state index contributed by atoms with van der Waals surface area (Å²) in [6, 6.07) is 8.72. The molecule has 0 heterocycles. The number of Topliss-reactive ketones (excluding diaryl/α,β-unsaturated/α-hetero) is 1. The van der Waals surface area contributed by atoms with Gasteiger partial charge in [0.05, 0.1) is 5.57 Å². The lowest BCUT2D eigenvalue weighted by molar-refractivity contribution is -0.247. The van der Waals surface area contributed by atoms with E-state index < -0.39 is 34.5 Å². The number of alkyl halides is 3. The number of nitrogens with one attached hydrogen (secondary N) is 1. The number of carbonyl (C=O) groups is 2. The van der Waals surface area contributed by atoms with Crippen LogP contribution in [-0.4, -0.2) is 33.7 Å². The van der Waals surface area contributed by atoms with Crippen LogP contribution in [-0.2, 0) is 16.1 Å². The van der Waals surface area contributed by atoms with Crippen LogP contribution in [0.15, 0.2) is 41.6 Å². The fourth-order valence-corrected chi connectivity index (χ4v) is 3.07. The minimum Gasteiger partial charge on any atom is -0.479 e. The van der Waals surface area contributed by atoms with E-state index in [1.54, 1.807) is 44.2 Å². The van der Waals surface area contributed by atoms with E-state index >= 15 is 0 Å². The molecule has 3 N–H and O–H groups in total. The molecule has 0 amide bonds. The van der Waals surface area contributed by atoms with E-state index in [9.17, 15) is 27.9 Å². The zero-order valence-electron chi connectivity index (χ0n) is 14.4. The number of halogens is 3. The molecule has 1 aromatic carbocycles. The Labute approximate surface area is 148 Å². The summed E-state index contributed by atoms with van der Waals surface area (Å²) in [5, 5.41) is 21.8. The van der Waals surface area contributed by atoms with Gasteiger partial charge in [0, 0.05) is 18.7 Å². The number of allylic oxidation sites excluding steroid dienone is 1. The van der Waals surface area contributed by atoms with Crippen LogP contribution in [0.5, 0.6) is 0 Å². The normalized spacial score (nSPS) is 19.8. The van der Waals surface area contributed by atoms with Gasteiger partial charge in [-0.1, -0.05) is 44.2 Å². The number of hydrogen-bond acceptors (Lipinski definition) is 4. The summed E-state index contributed by atoms with van der Waals surface area (Å²) in [4.78, 5) is 23.7. The van der Waals surface area contributed by atoms with Crippen molar-refractivity contribution in [1.82, 2.24) is 5.32 Å². The van der Waals surface area contributed by atoms with Crippen molar-refractivity contribution < 1.29 is 33.0 Å². The highest BCUT2D eigenvalue weighted by Crippen LogP contribution is 2.45. The summed E-state index contributed by atoms with van der Waals surface area (Å²) in [6.07, 6.45) is -5.82. The number of hydrogen-bond donors (Lipinski definition) is 3. The summed E-state index contributed by atoms with van der Waals surface area (Å²) in [5.74, 6) is -3.55. The zero-order chi connectivity index (χ0) is 19.8. The van der Waals surface area contributed by atoms with Gasteiger partial charge in [0.15, 0.2) is 5.78 Å². The van der Waals surface area contributed by atoms with Crippen molar-refractivity contribution >= 4 is 11.8 Å². The maximum atomic E-state index is 13.4. The van der Waals surface area contributed by atoms with Gasteiger partial charge in [-0.3, -0.25) is 4.79 Å². The first-order valence-corrected chi connectivity index (χ1v) is 7.95. The van der Waals surface area contributed by atoms with Crippen molar-refractivity contribution in [2.75, 3.05) is 0 Å². The Hall–Kier alpha value is -2.35. The van der Waals surface area contributed by atoms with Crippen molar-refractivity contribution in [3.63, 3.8) is 0 Å². The number of ketones is 1. The molecule has 1 aromatic rings. The number of rotatable bonds is 5. The predicted octanol–water partition coefficient (Wildman–Crippen LogP) is 2.80. The van der Waals surface area contributed by atoms with Gasteiger partial charge < -0.3 is 15.5 Å². The number of carboxylic acids is 1. The smallest absolute Gasteiger partial charge is 0.432 e. The highest BCUT2D eigenvalue weighted by molar-refractivity contribution is 6.05. The predicted molar refractivity (Wildman–Crippen MR) is 87.0 cm³/mol. The summed E-state index contributed by atoms with van der Waals surface area (Å²) >= 11 is 0. The maximum Gasteiger partial charge on any atom is 0.432 e. The van der Waals surface area contributed by atoms with E-state index in [2.05, 4.69) is 5.32 Å². The topological polar surface area (TPSA) is 86.6 Å². The molecule has 26 heavy (non-hydrogen) atoms. The second kappa shape index (κ2) is 6.75. The molecule has 0 bridgehead atoms. The standard InChI is InChI=1S/C18H20F3NO4/c1-16(2)8-12(22-10-11-6-4-3-5-7-11)14(13(23)9-16)17(26,15(24)25)18(19,20)21/h3-7,22,26H,8-10H2,1-2H3,(H,24,25). The van der Waals surface area contributed by atoms with Gasteiger partial charge in [-0.2, -0.15) is 13.2 Å². The lowest BCUT2D eigenvalue weighted by atomic mass is 9.71. The fraction of sp³-hybridized carbons (Fsp3) is 0.444. The van der Waals surface area contributed by atoms with Crippen LogP contribution >= 0.6 is 0 Å². The second-order valence-corrected chi connectivity index (χ2v) is 7.15. The number of carboxylic acid groups (broad SMARTS) is 1. The van der Waals surface area contributed by atoms with Crippen LogP contribution in [0.2, 0.25) is 0 Å². The second-order valence-electron chi connectivity index (χ2n) is 7.15. The first-order chi connectivity index (χ1) is 11.9. The Morgan fingerprint density at radius 3 is 2.27 bits per heavy atom. The van der Waals surface area contributed by atoms with Gasteiger partial charge >= 0.3 is 12.1 Å². The van der Waals surface area contributed by atoms with Gasteiger partial charge in [-0.25, -0.2) is 4.79 Å². The van der Waals surface area contributed by atoms with Gasteiger partial charge in [-0.15, -0.1) is 0 Å². The summed E-state index contributed by atoms with van der Waals surface area (Å²) in [7, 11) is 0. The Morgan fingerprint density at radius 2 is 1.77 bits per heavy atom. The molecule has 0 aliphatic heterocycles. The van der Waals surface area contributed by atoms with Crippen molar-refractivity contribution in [3.05, 3.63) is 47.2 Å². The maximum absolute atomic E-state index is 13.4. The Morgan fingerprint density at radius 1 is 1.19 bits per heavy atom. The fourth-order valence-electron chi connectivity index (χ4n) is 3.07. The third-order valence-electron chi connectivity index (χ3n) is 4.31. The molecule has 1 aliphatic rings. The Balaban J connectivity index is 2.54. The van der Waals surface area contributed by atoms with E-state index in [1.165, 1.54) is 0 Å². The van der Waals surface area contributed by atoms with Crippen molar-refractivity contribution in [1.29, 1.82) is 0 Å². The summed E-state index contributed by atoms with van der Waals surface area (Å²) in [5.41, 5.74) is -5.50. The van der Waals surface area contributed by atoms with E-state index in [0.29, 0.717) is 0 Å². The monoisotopic (exact) mass is 371 g/mol. The van der Waals surface area contributed by atoms with Crippen LogP contribution in [0, 0.1) is 5.41 Å². The number of aliphatic carboxylic acids is 1. The van der Waals surface area contributed by atoms with Gasteiger partial charge in [0.2, 0.25) is 0 Å². The van der Waals surface area contributed by atoms with Crippen LogP contribution in [0.4, 0.5) is 13.2 Å². The summed E-state index contributed by atoms with van der Waals surface area (Å²) in [6.45, 7) is 3.48. The molecule has 0 fully saturated rings. The van der Waals surface area contributed by atoms with E-state index in [0.717, 1.165) is 5.56 Å². The first-order valence-electron chi connectivity index (χ1n) is 7.95. The minimum absolute atomic E-state index is 0.00652. The first kappa shape index (κ1) is 20.0. The number of carbonyl (C=O) groups excluding carboxylic acids is 1. The minimum atomic E-state index is -5.54. The van der Waals surface area contributed by atoms with Crippen LogP contribution < -0.4 is 5.32 Å². The quantitative estimate of drug-likeness (QED) is 0.741. The van der Waals surface area contributed by atoms with Gasteiger partial charge in [-0.05, 0) is 17.4 Å². The molecule has 2 rings (SSSR count). The highest BCUT2D eigenvalue weighted by Gasteiger charge is 2.65. The highest BCUT2D eigenvalue weighted by atomic mass is 19.4. The molecule has 0 radical (unpaired) electrons. The summed E-state index contributed by atoms with van der Waals surface area (Å²) < 4.78 is 40.2. The SMILES string of the molecule is CC1(C)CC(=O)C(C(O)(C(=O)O)C(F)(F)F)=C(NCc2ccccc2)C1. The van der Waals surface area contributed by atoms with Gasteiger partial charge in [0.25, 0.3) is 5.60 Å². The number of aliphatic hydroxyl groups is 1. The average Bonchev–Trinajstić information content (AvgIpc) is 2.50. The molecular weight excluding hydrogens is 351 g/mol. The lowest BCUT2D eigenvalue weighted by Crippen LogP contribution is -2.57. The lowest BCUT2D eigenvalue weighted by Gasteiger charge is -2.38. The van der Waals surface area contributed by atoms with Crippen LogP contribution in [0.25, 0.3) is 0 Å². The third-order valence-corrected chi connectivity index (χ3v) is 4.31. The zero-order valence-corrected chi connectivity index (χ0v) is 14.4. The van der Waals surface area contributed by atoms with Crippen molar-refractivity contribution in [2.45, 2.75) is 45.0 Å². The molecular formula is C18H20F3NO4. The molecule has 5 nitrogen and oxygen atoms in total. The molecule has 1 atom stereocenters. The molecule has 1 aliphatic carbocycles. The van der Waals surface area contributed by atoms with Crippen LogP contribution in [0.3, 0.4) is 0 Å². The number of benzene rings is 1. The molecule has 142 valence electrons. The van der Waals surface area contributed by atoms with Crippen molar-refractivity contribution in [2.24, 2.45) is 5.41 Å². The average molecular weight is 371 g/mol. The van der Waals surface area contributed by atoms with E-state index in [4.69, 9.17) is 5.11 Å². The molecule has 0 saturated carbocycles.